The van der Waals surface area contributed by atoms with Gasteiger partial charge in [0.05, 0.1) is 13.7 Å². The number of ether oxygens (including phenoxy) is 1. The highest BCUT2D eigenvalue weighted by atomic mass is 35.5. The summed E-state index contributed by atoms with van der Waals surface area (Å²) < 4.78 is 5.20. The first kappa shape index (κ1) is 19.5. The van der Waals surface area contributed by atoms with Crippen LogP contribution in [0, 0.1) is 0 Å². The predicted octanol–water partition coefficient (Wildman–Crippen LogP) is 3.35. The molecule has 5 nitrogen and oxygen atoms in total. The van der Waals surface area contributed by atoms with Gasteiger partial charge in [0.15, 0.2) is 0 Å². The topological polar surface area (TPSA) is 44.8 Å². The minimum absolute atomic E-state index is 0.0308. The summed E-state index contributed by atoms with van der Waals surface area (Å²) in [5, 5.41) is 4.01. The van der Waals surface area contributed by atoms with Crippen LogP contribution in [-0.2, 0) is 4.79 Å². The third-order valence-corrected chi connectivity index (χ3v) is 5.35. The molecule has 1 aliphatic heterocycles. The summed E-state index contributed by atoms with van der Waals surface area (Å²) in [6.45, 7) is 5.46. The average Bonchev–Trinajstić information content (AvgIpc) is 2.72. The minimum atomic E-state index is 0.0308. The number of amides is 1. The fourth-order valence-electron chi connectivity index (χ4n) is 3.30. The second-order valence-corrected chi connectivity index (χ2v) is 7.10. The summed E-state index contributed by atoms with van der Waals surface area (Å²) in [7, 11) is 1.67. The summed E-state index contributed by atoms with van der Waals surface area (Å²) in [5.41, 5.74) is 2.17. The van der Waals surface area contributed by atoms with Crippen molar-refractivity contribution in [1.82, 2.24) is 10.2 Å². The number of halogens is 1. The lowest BCUT2D eigenvalue weighted by molar-refractivity contribution is -0.130. The molecule has 0 unspecified atom stereocenters. The van der Waals surface area contributed by atoms with Crippen LogP contribution >= 0.6 is 11.6 Å². The number of hydrogen-bond donors (Lipinski definition) is 1. The zero-order valence-electron chi connectivity index (χ0n) is 15.8. The molecule has 0 aromatic heterocycles. The van der Waals surface area contributed by atoms with Gasteiger partial charge in [-0.25, -0.2) is 0 Å². The smallest absolute Gasteiger partial charge is 0.236 e. The number of hydrogen-bond acceptors (Lipinski definition) is 4. The van der Waals surface area contributed by atoms with Gasteiger partial charge in [0.25, 0.3) is 0 Å². The van der Waals surface area contributed by atoms with E-state index in [4.69, 9.17) is 16.3 Å². The Kier molecular flexibility index (Phi) is 6.58. The molecule has 1 aliphatic rings. The number of anilines is 1. The van der Waals surface area contributed by atoms with Crippen LogP contribution < -0.4 is 15.0 Å². The molecule has 0 spiro atoms. The van der Waals surface area contributed by atoms with Crippen molar-refractivity contribution in [3.63, 3.8) is 0 Å². The van der Waals surface area contributed by atoms with Gasteiger partial charge in [0.2, 0.25) is 5.91 Å². The van der Waals surface area contributed by atoms with Crippen LogP contribution in [0.3, 0.4) is 0 Å². The third kappa shape index (κ3) is 4.93. The van der Waals surface area contributed by atoms with E-state index in [-0.39, 0.29) is 11.9 Å². The Labute approximate surface area is 165 Å². The maximum absolute atomic E-state index is 12.5. The van der Waals surface area contributed by atoms with Gasteiger partial charge in [0, 0.05) is 42.9 Å². The molecule has 1 amide bonds. The molecule has 1 N–H and O–H groups in total. The summed E-state index contributed by atoms with van der Waals surface area (Å²) >= 11 is 6.23. The average molecular weight is 388 g/mol. The van der Waals surface area contributed by atoms with Gasteiger partial charge in [-0.3, -0.25) is 4.79 Å². The molecule has 2 aromatic rings. The summed E-state index contributed by atoms with van der Waals surface area (Å²) in [6, 6.07) is 15.8. The number of methoxy groups -OCH3 is 1. The second-order valence-electron chi connectivity index (χ2n) is 6.69. The molecule has 144 valence electrons. The van der Waals surface area contributed by atoms with Gasteiger partial charge in [-0.2, -0.15) is 0 Å². The Balaban J connectivity index is 1.47. The molecule has 0 aliphatic carbocycles. The first-order valence-corrected chi connectivity index (χ1v) is 9.61. The zero-order valence-corrected chi connectivity index (χ0v) is 16.6. The van der Waals surface area contributed by atoms with Crippen molar-refractivity contribution in [2.75, 3.05) is 44.7 Å². The molecule has 0 radical (unpaired) electrons. The number of rotatable bonds is 6. The molecule has 0 bridgehead atoms. The van der Waals surface area contributed by atoms with Gasteiger partial charge in [-0.05, 0) is 42.8 Å². The van der Waals surface area contributed by atoms with E-state index in [9.17, 15) is 4.79 Å². The monoisotopic (exact) mass is 387 g/mol. The van der Waals surface area contributed by atoms with E-state index in [1.165, 1.54) is 0 Å². The summed E-state index contributed by atoms with van der Waals surface area (Å²) in [6.07, 6.45) is 0. The molecule has 1 atom stereocenters. The number of benzene rings is 2. The second kappa shape index (κ2) is 9.11. The van der Waals surface area contributed by atoms with Gasteiger partial charge in [-0.1, -0.05) is 29.8 Å². The van der Waals surface area contributed by atoms with Crippen LogP contribution in [-0.4, -0.2) is 50.6 Å². The lowest BCUT2D eigenvalue weighted by Crippen LogP contribution is -2.51. The van der Waals surface area contributed by atoms with Crippen molar-refractivity contribution < 1.29 is 9.53 Å². The lowest BCUT2D eigenvalue weighted by atomic mass is 10.1. The van der Waals surface area contributed by atoms with Crippen molar-refractivity contribution in [1.29, 1.82) is 0 Å². The highest BCUT2D eigenvalue weighted by Crippen LogP contribution is 2.22. The van der Waals surface area contributed by atoms with Crippen LogP contribution in [0.15, 0.2) is 48.5 Å². The number of nitrogens with one attached hydrogen (secondary N) is 1. The fourth-order valence-corrected chi connectivity index (χ4v) is 3.59. The van der Waals surface area contributed by atoms with Crippen molar-refractivity contribution in [2.45, 2.75) is 13.0 Å². The van der Waals surface area contributed by atoms with E-state index in [1.54, 1.807) is 7.11 Å². The summed E-state index contributed by atoms with van der Waals surface area (Å²) in [5.74, 6) is 0.981. The molecule has 1 fully saturated rings. The normalized spacial score (nSPS) is 15.5. The number of carbonyl (C=O) groups is 1. The fraction of sp³-hybridized carbons (Fsp3) is 0.381. The van der Waals surface area contributed by atoms with Crippen molar-refractivity contribution >= 4 is 23.2 Å². The first-order chi connectivity index (χ1) is 13.1. The molecule has 27 heavy (non-hydrogen) atoms. The van der Waals surface area contributed by atoms with Gasteiger partial charge in [-0.15, -0.1) is 0 Å². The van der Waals surface area contributed by atoms with Crippen LogP contribution in [0.25, 0.3) is 0 Å². The molecule has 3 rings (SSSR count). The van der Waals surface area contributed by atoms with E-state index in [0.717, 1.165) is 48.2 Å². The molecule has 1 heterocycles. The Morgan fingerprint density at radius 2 is 1.78 bits per heavy atom. The Morgan fingerprint density at radius 3 is 2.41 bits per heavy atom. The van der Waals surface area contributed by atoms with Crippen LogP contribution in [0.4, 0.5) is 5.69 Å². The van der Waals surface area contributed by atoms with E-state index >= 15 is 0 Å². The van der Waals surface area contributed by atoms with Crippen LogP contribution in [0.5, 0.6) is 5.75 Å². The van der Waals surface area contributed by atoms with Gasteiger partial charge in [0.1, 0.15) is 5.75 Å². The molecular formula is C21H26ClN3O2. The van der Waals surface area contributed by atoms with Gasteiger partial charge >= 0.3 is 0 Å². The van der Waals surface area contributed by atoms with E-state index in [2.05, 4.69) is 22.3 Å². The first-order valence-electron chi connectivity index (χ1n) is 9.23. The van der Waals surface area contributed by atoms with Crippen LogP contribution in [0.2, 0.25) is 5.02 Å². The van der Waals surface area contributed by atoms with Crippen molar-refractivity contribution in [3.8, 4) is 5.75 Å². The molecule has 1 saturated heterocycles. The maximum atomic E-state index is 12.5. The minimum Gasteiger partial charge on any atom is -0.497 e. The number of piperazine rings is 1. The number of nitrogens with zero attached hydrogens (tertiary/aromatic N) is 2. The van der Waals surface area contributed by atoms with Gasteiger partial charge < -0.3 is 19.9 Å². The molecule has 0 saturated carbocycles. The Morgan fingerprint density at radius 1 is 1.11 bits per heavy atom. The molecular weight excluding hydrogens is 362 g/mol. The number of carbonyl (C=O) groups excluding carboxylic acids is 1. The zero-order chi connectivity index (χ0) is 19.2. The highest BCUT2D eigenvalue weighted by molar-refractivity contribution is 6.31. The van der Waals surface area contributed by atoms with E-state index in [0.29, 0.717) is 6.54 Å². The largest absolute Gasteiger partial charge is 0.497 e. The quantitative estimate of drug-likeness (QED) is 0.825. The van der Waals surface area contributed by atoms with E-state index in [1.807, 2.05) is 48.2 Å². The highest BCUT2D eigenvalue weighted by Gasteiger charge is 2.21. The maximum Gasteiger partial charge on any atom is 0.236 e. The predicted molar refractivity (Wildman–Crippen MR) is 110 cm³/mol. The third-order valence-electron chi connectivity index (χ3n) is 5.00. The Hall–Kier alpha value is -2.24. The molecule has 2 aromatic carbocycles. The van der Waals surface area contributed by atoms with Crippen molar-refractivity contribution in [3.05, 3.63) is 59.1 Å². The van der Waals surface area contributed by atoms with E-state index < -0.39 is 0 Å². The van der Waals surface area contributed by atoms with Crippen LogP contribution in [0.1, 0.15) is 18.5 Å². The molecule has 6 heteroatoms. The standard InChI is InChI=1S/C21H26ClN3O2/c1-16(19-5-3-4-6-20(19)22)23-15-21(26)25-13-11-24(12-14-25)17-7-9-18(27-2)10-8-17/h3-10,16,23H,11-15H2,1-2H3/t16-/m1/s1. The summed E-state index contributed by atoms with van der Waals surface area (Å²) in [4.78, 5) is 16.8. The lowest BCUT2D eigenvalue weighted by Gasteiger charge is -2.36. The van der Waals surface area contributed by atoms with Crippen molar-refractivity contribution in [2.24, 2.45) is 0 Å². The SMILES string of the molecule is COc1ccc(N2CCN(C(=O)CN[C@H](C)c3ccccc3Cl)CC2)cc1. The Bertz CT molecular complexity index is 758.